The number of carbonyl (C=O) groups is 1. The van der Waals surface area contributed by atoms with E-state index in [0.717, 1.165) is 46.3 Å². The molecule has 0 aliphatic carbocycles. The van der Waals surface area contributed by atoms with Crippen molar-refractivity contribution in [1.29, 1.82) is 0 Å². The largest absolute Gasteiger partial charge is 0.454 e. The summed E-state index contributed by atoms with van der Waals surface area (Å²) in [6.07, 6.45) is 2.64. The lowest BCUT2D eigenvalue weighted by atomic mass is 10.0. The fourth-order valence-electron chi connectivity index (χ4n) is 5.01. The highest BCUT2D eigenvalue weighted by Gasteiger charge is 2.37. The first-order valence-corrected chi connectivity index (χ1v) is 10.7. The third kappa shape index (κ3) is 3.29. The number of ether oxygens (including phenoxy) is 2. The fraction of sp³-hybridized carbons (Fsp3) is 0.333. The van der Waals surface area contributed by atoms with Crippen LogP contribution in [0.25, 0.3) is 22.2 Å². The molecule has 7 heteroatoms. The van der Waals surface area contributed by atoms with Crippen LogP contribution in [0.2, 0.25) is 0 Å². The number of hydrogen-bond donors (Lipinski definition) is 1. The molecule has 31 heavy (non-hydrogen) atoms. The number of pyridine rings is 1. The van der Waals surface area contributed by atoms with Gasteiger partial charge in [0.1, 0.15) is 5.82 Å². The predicted molar refractivity (Wildman–Crippen MR) is 113 cm³/mol. The average molecular weight is 419 g/mol. The van der Waals surface area contributed by atoms with Crippen LogP contribution in [0.3, 0.4) is 0 Å². The number of nitrogens with zero attached hydrogens (tertiary/aromatic N) is 2. The monoisotopic (exact) mass is 419 g/mol. The maximum absolute atomic E-state index is 13.6. The van der Waals surface area contributed by atoms with E-state index in [-0.39, 0.29) is 24.6 Å². The van der Waals surface area contributed by atoms with Gasteiger partial charge in [0.25, 0.3) is 0 Å². The number of hydrogen-bond acceptors (Lipinski definition) is 5. The van der Waals surface area contributed by atoms with E-state index in [9.17, 15) is 9.18 Å². The molecular weight excluding hydrogens is 397 g/mol. The highest BCUT2D eigenvalue weighted by Crippen LogP contribution is 2.38. The third-order valence-corrected chi connectivity index (χ3v) is 6.59. The standard InChI is InChI=1S/C24H22FN3O3/c25-17-3-1-14(2-4-17)24-16(12-28-18-5-6-19(28)11-26-23(29)9-18)7-15-8-21-22(31-13-30-21)10-20(15)27-24/h1-4,7-8,10,18-19H,5-6,9,11-13H2,(H,26,29)/t18-,19+/m0/s1. The number of fused-ring (bicyclic) bond motifs is 4. The van der Waals surface area contributed by atoms with E-state index < -0.39 is 0 Å². The van der Waals surface area contributed by atoms with Crippen LogP contribution in [0, 0.1) is 5.82 Å². The Hall–Kier alpha value is -3.19. The normalized spacial score (nSPS) is 22.5. The molecule has 3 aliphatic heterocycles. The summed E-state index contributed by atoms with van der Waals surface area (Å²) in [5, 5.41) is 4.01. The van der Waals surface area contributed by atoms with Crippen molar-refractivity contribution in [3.05, 3.63) is 53.8 Å². The lowest BCUT2D eigenvalue weighted by molar-refractivity contribution is -0.121. The van der Waals surface area contributed by atoms with Gasteiger partial charge in [-0.1, -0.05) is 0 Å². The zero-order chi connectivity index (χ0) is 20.9. The fourth-order valence-corrected chi connectivity index (χ4v) is 5.01. The zero-order valence-corrected chi connectivity index (χ0v) is 16.9. The zero-order valence-electron chi connectivity index (χ0n) is 16.9. The number of rotatable bonds is 3. The summed E-state index contributed by atoms with van der Waals surface area (Å²) < 4.78 is 24.6. The first kappa shape index (κ1) is 18.6. The molecule has 4 heterocycles. The maximum atomic E-state index is 13.6. The SMILES string of the molecule is O=C1C[C@@H]2CC[C@H](CN1)N2Cc1cc2cc3c(cc2nc1-c1ccc(F)cc1)OCO3. The van der Waals surface area contributed by atoms with Crippen molar-refractivity contribution in [3.63, 3.8) is 0 Å². The van der Waals surface area contributed by atoms with Crippen molar-refractivity contribution in [1.82, 2.24) is 15.2 Å². The van der Waals surface area contributed by atoms with Gasteiger partial charge in [-0.3, -0.25) is 9.69 Å². The first-order valence-electron chi connectivity index (χ1n) is 10.7. The molecule has 2 saturated heterocycles. The Bertz CT molecular complexity index is 1180. The Morgan fingerprint density at radius 3 is 2.68 bits per heavy atom. The van der Waals surface area contributed by atoms with E-state index in [1.165, 1.54) is 12.1 Å². The summed E-state index contributed by atoms with van der Waals surface area (Å²) in [5.41, 5.74) is 3.56. The third-order valence-electron chi connectivity index (χ3n) is 6.59. The van der Waals surface area contributed by atoms with Gasteiger partial charge in [-0.15, -0.1) is 0 Å². The van der Waals surface area contributed by atoms with Crippen molar-refractivity contribution < 1.29 is 18.7 Å². The molecule has 2 aromatic carbocycles. The van der Waals surface area contributed by atoms with Gasteiger partial charge in [0, 0.05) is 48.6 Å². The highest BCUT2D eigenvalue weighted by molar-refractivity contribution is 5.86. The minimum Gasteiger partial charge on any atom is -0.454 e. The highest BCUT2D eigenvalue weighted by atomic mass is 19.1. The molecule has 0 unspecified atom stereocenters. The van der Waals surface area contributed by atoms with Gasteiger partial charge in [0.05, 0.1) is 11.2 Å². The summed E-state index contributed by atoms with van der Waals surface area (Å²) in [6, 6.07) is 13.0. The summed E-state index contributed by atoms with van der Waals surface area (Å²) in [4.78, 5) is 19.5. The molecule has 6 rings (SSSR count). The van der Waals surface area contributed by atoms with Gasteiger partial charge in [0.15, 0.2) is 11.5 Å². The summed E-state index contributed by atoms with van der Waals surface area (Å²) in [6.45, 7) is 1.58. The topological polar surface area (TPSA) is 63.7 Å². The number of amides is 1. The lowest BCUT2D eigenvalue weighted by Gasteiger charge is -2.28. The van der Waals surface area contributed by atoms with Gasteiger partial charge in [-0.2, -0.15) is 0 Å². The minimum atomic E-state index is -0.274. The van der Waals surface area contributed by atoms with E-state index in [1.807, 2.05) is 12.1 Å². The molecule has 6 nitrogen and oxygen atoms in total. The second kappa shape index (κ2) is 7.20. The van der Waals surface area contributed by atoms with Crippen LogP contribution in [0.5, 0.6) is 11.5 Å². The molecule has 2 fully saturated rings. The van der Waals surface area contributed by atoms with Gasteiger partial charge < -0.3 is 14.8 Å². The molecular formula is C24H22FN3O3. The Labute approximate surface area is 179 Å². The second-order valence-corrected chi connectivity index (χ2v) is 8.47. The molecule has 158 valence electrons. The van der Waals surface area contributed by atoms with Crippen LogP contribution in [-0.2, 0) is 11.3 Å². The van der Waals surface area contributed by atoms with Crippen LogP contribution in [-0.4, -0.2) is 41.2 Å². The van der Waals surface area contributed by atoms with E-state index in [0.29, 0.717) is 31.3 Å². The molecule has 2 bridgehead atoms. The molecule has 3 aliphatic rings. The smallest absolute Gasteiger partial charge is 0.231 e. The summed E-state index contributed by atoms with van der Waals surface area (Å²) in [5.74, 6) is 1.26. The van der Waals surface area contributed by atoms with Crippen molar-refractivity contribution in [2.75, 3.05) is 13.3 Å². The van der Waals surface area contributed by atoms with Crippen molar-refractivity contribution in [2.24, 2.45) is 0 Å². The predicted octanol–water partition coefficient (Wildman–Crippen LogP) is 3.62. The van der Waals surface area contributed by atoms with Crippen LogP contribution >= 0.6 is 0 Å². The molecule has 3 aromatic rings. The Morgan fingerprint density at radius 1 is 1.06 bits per heavy atom. The van der Waals surface area contributed by atoms with Gasteiger partial charge in [-0.25, -0.2) is 9.37 Å². The van der Waals surface area contributed by atoms with Crippen LogP contribution < -0.4 is 14.8 Å². The number of nitrogens with one attached hydrogen (secondary N) is 1. The molecule has 0 saturated carbocycles. The molecule has 1 amide bonds. The Balaban J connectivity index is 1.46. The first-order chi connectivity index (χ1) is 15.1. The molecule has 0 spiro atoms. The summed E-state index contributed by atoms with van der Waals surface area (Å²) >= 11 is 0. The number of benzene rings is 2. The van der Waals surface area contributed by atoms with Gasteiger partial charge in [-0.05, 0) is 54.8 Å². The summed E-state index contributed by atoms with van der Waals surface area (Å²) in [7, 11) is 0. The lowest BCUT2D eigenvalue weighted by Crippen LogP contribution is -2.37. The Kier molecular flexibility index (Phi) is 4.31. The maximum Gasteiger partial charge on any atom is 0.231 e. The van der Waals surface area contributed by atoms with Crippen LogP contribution in [0.4, 0.5) is 4.39 Å². The minimum absolute atomic E-state index is 0.125. The van der Waals surface area contributed by atoms with E-state index in [1.54, 1.807) is 12.1 Å². The number of carbonyl (C=O) groups excluding carboxylic acids is 1. The van der Waals surface area contributed by atoms with Crippen molar-refractivity contribution in [3.8, 4) is 22.8 Å². The van der Waals surface area contributed by atoms with Crippen LogP contribution in [0.1, 0.15) is 24.8 Å². The van der Waals surface area contributed by atoms with Crippen molar-refractivity contribution >= 4 is 16.8 Å². The molecule has 1 N–H and O–H groups in total. The molecule has 0 radical (unpaired) electrons. The van der Waals surface area contributed by atoms with E-state index in [2.05, 4.69) is 16.3 Å². The molecule has 2 atom stereocenters. The van der Waals surface area contributed by atoms with E-state index >= 15 is 0 Å². The number of aromatic nitrogens is 1. The Morgan fingerprint density at radius 2 is 1.84 bits per heavy atom. The van der Waals surface area contributed by atoms with Crippen molar-refractivity contribution in [2.45, 2.75) is 37.9 Å². The van der Waals surface area contributed by atoms with Gasteiger partial charge in [0.2, 0.25) is 12.7 Å². The number of halogens is 1. The van der Waals surface area contributed by atoms with Crippen LogP contribution in [0.15, 0.2) is 42.5 Å². The van der Waals surface area contributed by atoms with E-state index in [4.69, 9.17) is 14.5 Å². The average Bonchev–Trinajstić information content (AvgIpc) is 3.32. The molecule has 1 aromatic heterocycles. The quantitative estimate of drug-likeness (QED) is 0.703. The van der Waals surface area contributed by atoms with Gasteiger partial charge >= 0.3 is 0 Å². The second-order valence-electron chi connectivity index (χ2n) is 8.47.